The van der Waals surface area contributed by atoms with Gasteiger partial charge in [0, 0.05) is 32.7 Å². The van der Waals surface area contributed by atoms with E-state index in [9.17, 15) is 9.18 Å². The van der Waals surface area contributed by atoms with Crippen LogP contribution in [-0.4, -0.2) is 50.2 Å². The Balaban J connectivity index is 1.57. The number of piperazine rings is 1. The number of benzene rings is 2. The van der Waals surface area contributed by atoms with E-state index in [0.29, 0.717) is 11.3 Å². The molecule has 27 heavy (non-hydrogen) atoms. The molecule has 1 fully saturated rings. The highest BCUT2D eigenvalue weighted by molar-refractivity contribution is 5.75. The van der Waals surface area contributed by atoms with Crippen LogP contribution in [0, 0.1) is 5.82 Å². The van der Waals surface area contributed by atoms with Crippen LogP contribution in [0.25, 0.3) is 0 Å². The van der Waals surface area contributed by atoms with E-state index in [1.165, 1.54) is 18.7 Å². The summed E-state index contributed by atoms with van der Waals surface area (Å²) < 4.78 is 19.2. The van der Waals surface area contributed by atoms with Gasteiger partial charge in [-0.2, -0.15) is 0 Å². The van der Waals surface area contributed by atoms with Crippen molar-refractivity contribution in [2.24, 2.45) is 5.73 Å². The van der Waals surface area contributed by atoms with Crippen molar-refractivity contribution in [1.29, 1.82) is 0 Å². The number of carbonyl (C=O) groups excluding carboxylic acids is 1. The van der Waals surface area contributed by atoms with E-state index in [0.717, 1.165) is 32.7 Å². The van der Waals surface area contributed by atoms with Crippen molar-refractivity contribution in [2.75, 3.05) is 38.2 Å². The van der Waals surface area contributed by atoms with Crippen LogP contribution < -0.4 is 10.6 Å². The van der Waals surface area contributed by atoms with Crippen molar-refractivity contribution < 1.29 is 13.9 Å². The van der Waals surface area contributed by atoms with Gasteiger partial charge in [0.15, 0.2) is 0 Å². The highest BCUT2D eigenvalue weighted by Gasteiger charge is 2.21. The van der Waals surface area contributed by atoms with Gasteiger partial charge in [0.05, 0.1) is 12.8 Å². The van der Waals surface area contributed by atoms with Crippen molar-refractivity contribution in [3.05, 3.63) is 65.5 Å². The Labute approximate surface area is 159 Å². The highest BCUT2D eigenvalue weighted by atomic mass is 19.1. The molecule has 0 bridgehead atoms. The number of methoxy groups -OCH3 is 1. The molecule has 6 heteroatoms. The zero-order valence-electron chi connectivity index (χ0n) is 15.6. The summed E-state index contributed by atoms with van der Waals surface area (Å²) in [7, 11) is 1.29. The van der Waals surface area contributed by atoms with Crippen molar-refractivity contribution in [3.8, 4) is 0 Å². The van der Waals surface area contributed by atoms with Gasteiger partial charge in [-0.3, -0.25) is 9.69 Å². The number of esters is 1. The fraction of sp³-hybridized carbons (Fsp3) is 0.381. The largest absolute Gasteiger partial charge is 0.468 e. The van der Waals surface area contributed by atoms with Gasteiger partial charge in [-0.25, -0.2) is 4.39 Å². The maximum absolute atomic E-state index is 14.6. The summed E-state index contributed by atoms with van der Waals surface area (Å²) in [6, 6.07) is 14.7. The zero-order valence-corrected chi connectivity index (χ0v) is 15.6. The van der Waals surface area contributed by atoms with Gasteiger partial charge in [-0.1, -0.05) is 36.4 Å². The number of carbonyl (C=O) groups is 1. The van der Waals surface area contributed by atoms with Gasteiger partial charge in [0.25, 0.3) is 0 Å². The number of hydrogen-bond acceptors (Lipinski definition) is 5. The van der Waals surface area contributed by atoms with Crippen molar-refractivity contribution in [1.82, 2.24) is 4.90 Å². The first-order chi connectivity index (χ1) is 13.1. The normalized spacial score (nSPS) is 16.2. The van der Waals surface area contributed by atoms with Gasteiger partial charge < -0.3 is 15.4 Å². The summed E-state index contributed by atoms with van der Waals surface area (Å²) in [6.07, 6.45) is 0.259. The Bertz CT molecular complexity index is 761. The molecule has 0 radical (unpaired) electrons. The summed E-state index contributed by atoms with van der Waals surface area (Å²) in [5, 5.41) is 0. The molecule has 1 aliphatic rings. The Hall–Kier alpha value is -2.44. The summed E-state index contributed by atoms with van der Waals surface area (Å²) in [4.78, 5) is 15.9. The average Bonchev–Trinajstić information content (AvgIpc) is 2.69. The number of halogens is 1. The zero-order chi connectivity index (χ0) is 19.2. The van der Waals surface area contributed by atoms with Crippen LogP contribution in [0.5, 0.6) is 0 Å². The molecule has 2 N–H and O–H groups in total. The highest BCUT2D eigenvalue weighted by Crippen LogP contribution is 2.23. The molecule has 0 aliphatic carbocycles. The molecule has 0 amide bonds. The molecule has 5 nitrogen and oxygen atoms in total. The number of anilines is 1. The molecular formula is C21H26FN3O2. The second-order valence-corrected chi connectivity index (χ2v) is 6.87. The average molecular weight is 371 g/mol. The quantitative estimate of drug-likeness (QED) is 0.789. The van der Waals surface area contributed by atoms with Gasteiger partial charge in [0.2, 0.25) is 0 Å². The predicted molar refractivity (Wildman–Crippen MR) is 104 cm³/mol. The van der Waals surface area contributed by atoms with Crippen LogP contribution in [0.1, 0.15) is 11.1 Å². The van der Waals surface area contributed by atoms with Crippen LogP contribution in [0.4, 0.5) is 10.1 Å². The lowest BCUT2D eigenvalue weighted by Crippen LogP contribution is -2.46. The first-order valence-electron chi connectivity index (χ1n) is 9.20. The summed E-state index contributed by atoms with van der Waals surface area (Å²) in [5.74, 6) is -0.768. The molecule has 0 saturated carbocycles. The molecule has 1 saturated heterocycles. The van der Waals surface area contributed by atoms with Crippen molar-refractivity contribution >= 4 is 11.7 Å². The van der Waals surface area contributed by atoms with Crippen LogP contribution in [0.3, 0.4) is 0 Å². The Morgan fingerprint density at radius 3 is 2.44 bits per heavy atom. The van der Waals surface area contributed by atoms with E-state index in [1.54, 1.807) is 6.07 Å². The van der Waals surface area contributed by atoms with Crippen molar-refractivity contribution in [3.63, 3.8) is 0 Å². The Morgan fingerprint density at radius 1 is 1.11 bits per heavy atom. The number of hydrogen-bond donors (Lipinski definition) is 1. The van der Waals surface area contributed by atoms with Crippen LogP contribution >= 0.6 is 0 Å². The third-order valence-electron chi connectivity index (χ3n) is 4.93. The van der Waals surface area contributed by atoms with E-state index in [1.807, 2.05) is 12.1 Å². The van der Waals surface area contributed by atoms with E-state index < -0.39 is 12.0 Å². The van der Waals surface area contributed by atoms with Crippen LogP contribution in [-0.2, 0) is 22.5 Å². The molecule has 2 aromatic carbocycles. The molecule has 144 valence electrons. The maximum Gasteiger partial charge on any atom is 0.322 e. The lowest BCUT2D eigenvalue weighted by atomic mass is 10.1. The minimum absolute atomic E-state index is 0.259. The van der Waals surface area contributed by atoms with Gasteiger partial charge in [0.1, 0.15) is 11.9 Å². The minimum atomic E-state index is -0.776. The standard InChI is InChI=1S/C21H26FN3O2/c1-27-21(26)19(23)14-17-7-8-20(18(22)13-17)25-11-9-24(10-12-25)15-16-5-3-2-4-6-16/h2-8,13,19H,9-12,14-15,23H2,1H3. The monoisotopic (exact) mass is 371 g/mol. The third kappa shape index (κ3) is 5.05. The molecule has 2 aromatic rings. The smallest absolute Gasteiger partial charge is 0.322 e. The second kappa shape index (κ2) is 8.97. The van der Waals surface area contributed by atoms with Gasteiger partial charge in [-0.15, -0.1) is 0 Å². The SMILES string of the molecule is COC(=O)C(N)Cc1ccc(N2CCN(Cc3ccccc3)CC2)c(F)c1. The molecule has 0 spiro atoms. The predicted octanol–water partition coefficient (Wildman–Crippen LogP) is 2.19. The summed E-state index contributed by atoms with van der Waals surface area (Å²) >= 11 is 0. The van der Waals surface area contributed by atoms with E-state index >= 15 is 0 Å². The Kier molecular flexibility index (Phi) is 6.42. The van der Waals surface area contributed by atoms with E-state index in [-0.39, 0.29) is 12.2 Å². The first kappa shape index (κ1) is 19.3. The molecular weight excluding hydrogens is 345 g/mol. The van der Waals surface area contributed by atoms with Crippen LogP contribution in [0.2, 0.25) is 0 Å². The molecule has 0 aromatic heterocycles. The third-order valence-corrected chi connectivity index (χ3v) is 4.93. The van der Waals surface area contributed by atoms with E-state index in [2.05, 4.69) is 38.8 Å². The number of nitrogens with zero attached hydrogens (tertiary/aromatic N) is 2. The van der Waals surface area contributed by atoms with Gasteiger partial charge >= 0.3 is 5.97 Å². The molecule has 1 heterocycles. The fourth-order valence-electron chi connectivity index (χ4n) is 3.41. The van der Waals surface area contributed by atoms with Gasteiger partial charge in [-0.05, 0) is 29.7 Å². The molecule has 1 unspecified atom stereocenters. The fourth-order valence-corrected chi connectivity index (χ4v) is 3.41. The van der Waals surface area contributed by atoms with E-state index in [4.69, 9.17) is 5.73 Å². The summed E-state index contributed by atoms with van der Waals surface area (Å²) in [6.45, 7) is 4.27. The topological polar surface area (TPSA) is 58.8 Å². The lowest BCUT2D eigenvalue weighted by molar-refractivity contribution is -0.142. The minimum Gasteiger partial charge on any atom is -0.468 e. The van der Waals surface area contributed by atoms with Crippen LogP contribution in [0.15, 0.2) is 48.5 Å². The second-order valence-electron chi connectivity index (χ2n) is 6.87. The molecule has 1 aliphatic heterocycles. The number of ether oxygens (including phenoxy) is 1. The first-order valence-corrected chi connectivity index (χ1v) is 9.20. The molecule has 1 atom stereocenters. The van der Waals surface area contributed by atoms with Crippen molar-refractivity contribution in [2.45, 2.75) is 19.0 Å². The Morgan fingerprint density at radius 2 is 1.81 bits per heavy atom. The number of nitrogens with two attached hydrogens (primary N) is 1. The lowest BCUT2D eigenvalue weighted by Gasteiger charge is -2.36. The summed E-state index contributed by atoms with van der Waals surface area (Å²) in [5.41, 5.74) is 8.34. The number of rotatable bonds is 6. The maximum atomic E-state index is 14.6. The molecule has 3 rings (SSSR count).